The highest BCUT2D eigenvalue weighted by molar-refractivity contribution is 5.92. The fourth-order valence-electron chi connectivity index (χ4n) is 4.04. The van der Waals surface area contributed by atoms with Gasteiger partial charge in [-0.1, -0.05) is 42.5 Å². The van der Waals surface area contributed by atoms with E-state index < -0.39 is 5.97 Å². The molecule has 166 valence electrons. The van der Waals surface area contributed by atoms with Crippen LogP contribution in [0.15, 0.2) is 60.8 Å². The second-order valence-electron chi connectivity index (χ2n) is 8.17. The van der Waals surface area contributed by atoms with Crippen LogP contribution in [-0.2, 0) is 13.1 Å². The Hall–Kier alpha value is -3.52. The minimum atomic E-state index is -0.962. The van der Waals surface area contributed by atoms with Crippen LogP contribution in [0.5, 0.6) is 0 Å². The van der Waals surface area contributed by atoms with Crippen LogP contribution in [-0.4, -0.2) is 68.0 Å². The Morgan fingerprint density at radius 3 is 2.31 bits per heavy atom. The lowest BCUT2D eigenvalue weighted by atomic mass is 10.0. The number of carbonyl (C=O) groups is 2. The molecule has 1 saturated heterocycles. The van der Waals surface area contributed by atoms with Gasteiger partial charge in [-0.05, 0) is 36.1 Å². The summed E-state index contributed by atoms with van der Waals surface area (Å²) < 4.78 is 0. The molecular weight excluding hydrogens is 406 g/mol. The van der Waals surface area contributed by atoms with Crippen LogP contribution in [0.4, 0.5) is 0 Å². The van der Waals surface area contributed by atoms with Crippen LogP contribution in [0.2, 0.25) is 0 Å². The number of carboxylic acid groups (broad SMARTS) is 1. The molecule has 4 rings (SSSR count). The standard InChI is InChI=1S/C24H27N5O3/c1-27(21-11-13-28(14-12-21)16-18-5-3-2-4-6-18)23(30)22-15-25-29(26-22)17-19-7-9-20(10-8-19)24(31)32/h2-10,15,21H,11-14,16-17H2,1H3,(H,31,32). The maximum atomic E-state index is 12.9. The molecule has 0 saturated carbocycles. The molecular formula is C24H27N5O3. The molecule has 1 fully saturated rings. The molecule has 1 aromatic heterocycles. The fraction of sp³-hybridized carbons (Fsp3) is 0.333. The van der Waals surface area contributed by atoms with E-state index >= 15 is 0 Å². The van der Waals surface area contributed by atoms with Crippen LogP contribution in [0.25, 0.3) is 0 Å². The smallest absolute Gasteiger partial charge is 0.335 e. The van der Waals surface area contributed by atoms with Crippen LogP contribution >= 0.6 is 0 Å². The highest BCUT2D eigenvalue weighted by Crippen LogP contribution is 2.19. The van der Waals surface area contributed by atoms with Gasteiger partial charge in [0.05, 0.1) is 18.3 Å². The first kappa shape index (κ1) is 21.7. The zero-order valence-electron chi connectivity index (χ0n) is 18.1. The van der Waals surface area contributed by atoms with E-state index in [0.717, 1.165) is 38.0 Å². The van der Waals surface area contributed by atoms with Gasteiger partial charge in [0.1, 0.15) is 0 Å². The minimum absolute atomic E-state index is 0.126. The van der Waals surface area contributed by atoms with Crippen molar-refractivity contribution < 1.29 is 14.7 Å². The highest BCUT2D eigenvalue weighted by atomic mass is 16.4. The van der Waals surface area contributed by atoms with Gasteiger partial charge in [-0.15, -0.1) is 5.10 Å². The van der Waals surface area contributed by atoms with E-state index in [-0.39, 0.29) is 17.5 Å². The minimum Gasteiger partial charge on any atom is -0.478 e. The number of benzene rings is 2. The van der Waals surface area contributed by atoms with E-state index in [0.29, 0.717) is 12.2 Å². The van der Waals surface area contributed by atoms with Gasteiger partial charge in [0.2, 0.25) is 0 Å². The molecule has 0 spiro atoms. The molecule has 0 radical (unpaired) electrons. The summed E-state index contributed by atoms with van der Waals surface area (Å²) in [6.07, 6.45) is 3.35. The molecule has 0 bridgehead atoms. The number of likely N-dealkylation sites (tertiary alicyclic amines) is 1. The van der Waals surface area contributed by atoms with Gasteiger partial charge in [-0.25, -0.2) is 4.79 Å². The van der Waals surface area contributed by atoms with E-state index in [1.807, 2.05) is 13.1 Å². The number of carboxylic acids is 1. The van der Waals surface area contributed by atoms with Crippen molar-refractivity contribution in [3.8, 4) is 0 Å². The van der Waals surface area contributed by atoms with Gasteiger partial charge in [-0.2, -0.15) is 9.90 Å². The predicted octanol–water partition coefficient (Wildman–Crippen LogP) is 2.76. The Bertz CT molecular complexity index is 1060. The number of aromatic nitrogens is 3. The van der Waals surface area contributed by atoms with Gasteiger partial charge in [0.15, 0.2) is 5.69 Å². The summed E-state index contributed by atoms with van der Waals surface area (Å²) in [4.78, 5) is 29.6. The van der Waals surface area contributed by atoms with Crippen LogP contribution in [0.1, 0.15) is 44.8 Å². The number of hydrogen-bond donors (Lipinski definition) is 1. The lowest BCUT2D eigenvalue weighted by Gasteiger charge is -2.36. The summed E-state index contributed by atoms with van der Waals surface area (Å²) >= 11 is 0. The summed E-state index contributed by atoms with van der Waals surface area (Å²) in [5.74, 6) is -1.09. The first-order chi connectivity index (χ1) is 15.5. The number of hydrogen-bond acceptors (Lipinski definition) is 5. The molecule has 32 heavy (non-hydrogen) atoms. The number of amides is 1. The summed E-state index contributed by atoms with van der Waals surface area (Å²) in [6.45, 7) is 3.22. The van der Waals surface area contributed by atoms with Crippen LogP contribution in [0, 0.1) is 0 Å². The summed E-state index contributed by atoms with van der Waals surface area (Å²) in [5, 5.41) is 17.5. The molecule has 2 heterocycles. The molecule has 8 heteroatoms. The lowest BCUT2D eigenvalue weighted by Crippen LogP contribution is -2.45. The molecule has 1 amide bonds. The molecule has 0 unspecified atom stereocenters. The number of piperidine rings is 1. The van der Waals surface area contributed by atoms with E-state index in [9.17, 15) is 9.59 Å². The average Bonchev–Trinajstić information content (AvgIpc) is 3.28. The molecule has 1 aliphatic rings. The van der Waals surface area contributed by atoms with Gasteiger partial charge < -0.3 is 10.0 Å². The first-order valence-corrected chi connectivity index (χ1v) is 10.8. The normalized spacial score (nSPS) is 14.9. The topological polar surface area (TPSA) is 91.6 Å². The maximum absolute atomic E-state index is 12.9. The number of nitrogens with zero attached hydrogens (tertiary/aromatic N) is 5. The van der Waals surface area contributed by atoms with Crippen LogP contribution in [0.3, 0.4) is 0 Å². The predicted molar refractivity (Wildman–Crippen MR) is 119 cm³/mol. The fourth-order valence-corrected chi connectivity index (χ4v) is 4.04. The van der Waals surface area contributed by atoms with Gasteiger partial charge >= 0.3 is 5.97 Å². The zero-order chi connectivity index (χ0) is 22.5. The molecule has 0 aliphatic carbocycles. The SMILES string of the molecule is CN(C(=O)c1cnn(Cc2ccc(C(=O)O)cc2)n1)C1CCN(Cc2ccccc2)CC1. The number of aromatic carboxylic acids is 1. The van der Waals surface area contributed by atoms with Crippen molar-refractivity contribution in [3.63, 3.8) is 0 Å². The average molecular weight is 434 g/mol. The Kier molecular flexibility index (Phi) is 6.61. The zero-order valence-corrected chi connectivity index (χ0v) is 18.1. The Morgan fingerprint density at radius 1 is 1.00 bits per heavy atom. The number of rotatable bonds is 7. The monoisotopic (exact) mass is 433 g/mol. The second kappa shape index (κ2) is 9.74. The second-order valence-corrected chi connectivity index (χ2v) is 8.17. The van der Waals surface area contributed by atoms with Crippen molar-refractivity contribution in [1.82, 2.24) is 24.8 Å². The molecule has 3 aromatic rings. The Balaban J connectivity index is 1.30. The van der Waals surface area contributed by atoms with Crippen molar-refractivity contribution in [3.05, 3.63) is 83.2 Å². The Morgan fingerprint density at radius 2 is 1.66 bits per heavy atom. The Labute approximate surface area is 187 Å². The summed E-state index contributed by atoms with van der Waals surface area (Å²) in [7, 11) is 1.84. The van der Waals surface area contributed by atoms with Crippen molar-refractivity contribution in [2.45, 2.75) is 32.0 Å². The maximum Gasteiger partial charge on any atom is 0.335 e. The van der Waals surface area contributed by atoms with Gasteiger partial charge in [0, 0.05) is 32.7 Å². The van der Waals surface area contributed by atoms with Gasteiger partial charge in [0.25, 0.3) is 5.91 Å². The molecule has 8 nitrogen and oxygen atoms in total. The largest absolute Gasteiger partial charge is 0.478 e. The third kappa shape index (κ3) is 5.20. The van der Waals surface area contributed by atoms with E-state index in [2.05, 4.69) is 39.4 Å². The summed E-state index contributed by atoms with van der Waals surface area (Å²) in [5.41, 5.74) is 2.73. The van der Waals surface area contributed by atoms with Crippen molar-refractivity contribution in [2.75, 3.05) is 20.1 Å². The van der Waals surface area contributed by atoms with Crippen LogP contribution < -0.4 is 0 Å². The van der Waals surface area contributed by atoms with Crippen molar-refractivity contribution in [1.29, 1.82) is 0 Å². The van der Waals surface area contributed by atoms with Crippen molar-refractivity contribution >= 4 is 11.9 Å². The third-order valence-electron chi connectivity index (χ3n) is 5.95. The van der Waals surface area contributed by atoms with E-state index in [1.54, 1.807) is 29.2 Å². The number of carbonyl (C=O) groups excluding carboxylic acids is 1. The van der Waals surface area contributed by atoms with Crippen molar-refractivity contribution in [2.24, 2.45) is 0 Å². The molecule has 1 aliphatic heterocycles. The highest BCUT2D eigenvalue weighted by Gasteiger charge is 2.27. The van der Waals surface area contributed by atoms with E-state index in [4.69, 9.17) is 5.11 Å². The van der Waals surface area contributed by atoms with Gasteiger partial charge in [-0.3, -0.25) is 9.69 Å². The first-order valence-electron chi connectivity index (χ1n) is 10.8. The van der Waals surface area contributed by atoms with E-state index in [1.165, 1.54) is 16.6 Å². The summed E-state index contributed by atoms with van der Waals surface area (Å²) in [6, 6.07) is 17.2. The molecule has 0 atom stereocenters. The molecule has 2 aromatic carbocycles. The molecule has 1 N–H and O–H groups in total. The quantitative estimate of drug-likeness (QED) is 0.616. The lowest BCUT2D eigenvalue weighted by molar-refractivity contribution is 0.0629. The third-order valence-corrected chi connectivity index (χ3v) is 5.95.